The van der Waals surface area contributed by atoms with E-state index in [1.165, 1.54) is 4.90 Å². The van der Waals surface area contributed by atoms with Crippen LogP contribution in [0, 0.1) is 12.8 Å². The molecule has 9 heteroatoms. The fourth-order valence-corrected chi connectivity index (χ4v) is 5.02. The van der Waals surface area contributed by atoms with Gasteiger partial charge in [0, 0.05) is 25.6 Å². The lowest BCUT2D eigenvalue weighted by Gasteiger charge is -2.31. The van der Waals surface area contributed by atoms with Crippen molar-refractivity contribution < 1.29 is 19.5 Å². The lowest BCUT2D eigenvalue weighted by Crippen LogP contribution is -2.54. The first-order valence-electron chi connectivity index (χ1n) is 12.9. The molecular formula is C29H35N5O4. The standard InChI is InChI=1S/C29H35N5O4/c1-18(2)26(33-15-19(3)31-17-33)29(38)34-16-23(35)14-25(34)28(37)32-24(27(30)36)13-20-9-11-22(12-10-20)21-7-5-4-6-8-21/h4-12,15,17-18,23-26,35H,13-14,16H2,1-3H3,(H2,30,36)(H,32,37)/t23-,24-,25+,26+/m1/s1. The SMILES string of the molecule is Cc1cn([C@H](C(=O)N2C[C@H](O)C[C@H]2C(=O)N[C@H](Cc2ccc(-c3ccccc3)cc2)C(N)=O)C(C)C)cn1. The second kappa shape index (κ2) is 11.6. The Kier molecular flexibility index (Phi) is 8.26. The molecular weight excluding hydrogens is 482 g/mol. The predicted octanol–water partition coefficient (Wildman–Crippen LogP) is 2.23. The number of nitrogens with zero attached hydrogens (tertiary/aromatic N) is 3. The summed E-state index contributed by atoms with van der Waals surface area (Å²) in [5.41, 5.74) is 9.38. The van der Waals surface area contributed by atoms with Gasteiger partial charge in [-0.15, -0.1) is 0 Å². The molecule has 1 aromatic heterocycles. The predicted molar refractivity (Wildman–Crippen MR) is 144 cm³/mol. The van der Waals surface area contributed by atoms with Gasteiger partial charge in [-0.3, -0.25) is 14.4 Å². The fraction of sp³-hybridized carbons (Fsp3) is 0.379. The quantitative estimate of drug-likeness (QED) is 0.401. The summed E-state index contributed by atoms with van der Waals surface area (Å²) in [6.45, 7) is 5.72. The molecule has 4 rings (SSSR count). The molecule has 0 bridgehead atoms. The minimum absolute atomic E-state index is 0.0377. The van der Waals surface area contributed by atoms with Crippen LogP contribution >= 0.6 is 0 Å². The Labute approximate surface area is 222 Å². The van der Waals surface area contributed by atoms with Crippen molar-refractivity contribution in [3.05, 3.63) is 78.4 Å². The lowest BCUT2D eigenvalue weighted by molar-refractivity contribution is -0.142. The van der Waals surface area contributed by atoms with E-state index in [1.54, 1.807) is 17.1 Å². The summed E-state index contributed by atoms with van der Waals surface area (Å²) in [5.74, 6) is -1.53. The largest absolute Gasteiger partial charge is 0.391 e. The van der Waals surface area contributed by atoms with Crippen molar-refractivity contribution in [3.8, 4) is 11.1 Å². The molecule has 1 aliphatic rings. The Morgan fingerprint density at radius 3 is 2.32 bits per heavy atom. The summed E-state index contributed by atoms with van der Waals surface area (Å²) < 4.78 is 1.74. The fourth-order valence-electron chi connectivity index (χ4n) is 5.02. The van der Waals surface area contributed by atoms with Gasteiger partial charge in [0.05, 0.1) is 18.1 Å². The van der Waals surface area contributed by atoms with Crippen LogP contribution in [0.4, 0.5) is 0 Å². The summed E-state index contributed by atoms with van der Waals surface area (Å²) in [4.78, 5) is 44.9. The van der Waals surface area contributed by atoms with E-state index in [-0.39, 0.29) is 31.2 Å². The van der Waals surface area contributed by atoms with Crippen LogP contribution in [0.1, 0.15) is 37.6 Å². The molecule has 3 amide bonds. The number of likely N-dealkylation sites (tertiary alicyclic amines) is 1. The number of aryl methyl sites for hydroxylation is 1. The Balaban J connectivity index is 1.47. The second-order valence-electron chi connectivity index (χ2n) is 10.3. The van der Waals surface area contributed by atoms with Crippen molar-refractivity contribution in [2.75, 3.05) is 6.54 Å². The Hall–Kier alpha value is -3.98. The van der Waals surface area contributed by atoms with Gasteiger partial charge in [0.1, 0.15) is 18.1 Å². The number of aliphatic hydroxyl groups is 1. The number of nitrogens with two attached hydrogens (primary N) is 1. The minimum atomic E-state index is -0.961. The highest BCUT2D eigenvalue weighted by molar-refractivity contribution is 5.93. The van der Waals surface area contributed by atoms with Crippen molar-refractivity contribution in [3.63, 3.8) is 0 Å². The summed E-state index contributed by atoms with van der Waals surface area (Å²) in [5, 5.41) is 13.1. The van der Waals surface area contributed by atoms with Crippen molar-refractivity contribution in [2.24, 2.45) is 11.7 Å². The van der Waals surface area contributed by atoms with E-state index in [9.17, 15) is 19.5 Å². The van der Waals surface area contributed by atoms with Crippen molar-refractivity contribution in [1.82, 2.24) is 19.8 Å². The highest BCUT2D eigenvalue weighted by Gasteiger charge is 2.43. The summed E-state index contributed by atoms with van der Waals surface area (Å²) in [6, 6.07) is 15.2. The highest BCUT2D eigenvalue weighted by atomic mass is 16.3. The third-order valence-electron chi connectivity index (χ3n) is 6.96. The van der Waals surface area contributed by atoms with Crippen molar-refractivity contribution in [1.29, 1.82) is 0 Å². The third-order valence-corrected chi connectivity index (χ3v) is 6.96. The van der Waals surface area contributed by atoms with Crippen LogP contribution in [-0.2, 0) is 20.8 Å². The molecule has 0 aliphatic carbocycles. The van der Waals surface area contributed by atoms with Crippen LogP contribution in [0.2, 0.25) is 0 Å². The van der Waals surface area contributed by atoms with E-state index in [0.29, 0.717) is 0 Å². The zero-order valence-corrected chi connectivity index (χ0v) is 21.9. The van der Waals surface area contributed by atoms with E-state index in [1.807, 2.05) is 75.4 Å². The van der Waals surface area contributed by atoms with Gasteiger partial charge in [-0.05, 0) is 29.5 Å². The van der Waals surface area contributed by atoms with Gasteiger partial charge < -0.3 is 25.6 Å². The van der Waals surface area contributed by atoms with Crippen LogP contribution in [0.3, 0.4) is 0 Å². The smallest absolute Gasteiger partial charge is 0.246 e. The topological polar surface area (TPSA) is 131 Å². The number of β-amino-alcohol motifs (C(OH)–C–C–N with tert-alkyl or cyclic N) is 1. The third kappa shape index (κ3) is 6.11. The van der Waals surface area contributed by atoms with Crippen LogP contribution in [0.15, 0.2) is 67.1 Å². The van der Waals surface area contributed by atoms with E-state index in [4.69, 9.17) is 5.73 Å². The Bertz CT molecular complexity index is 1270. The molecule has 9 nitrogen and oxygen atoms in total. The van der Waals surface area contributed by atoms with E-state index < -0.39 is 36.0 Å². The number of rotatable bonds is 9. The molecule has 2 heterocycles. The molecule has 1 aliphatic heterocycles. The van der Waals surface area contributed by atoms with Crippen LogP contribution < -0.4 is 11.1 Å². The van der Waals surface area contributed by atoms with Gasteiger partial charge in [0.2, 0.25) is 17.7 Å². The van der Waals surface area contributed by atoms with Gasteiger partial charge >= 0.3 is 0 Å². The average Bonchev–Trinajstić information content (AvgIpc) is 3.49. The molecule has 2 aromatic carbocycles. The molecule has 0 spiro atoms. The lowest BCUT2D eigenvalue weighted by atomic mass is 10.00. The highest BCUT2D eigenvalue weighted by Crippen LogP contribution is 2.27. The number of hydrogen-bond donors (Lipinski definition) is 3. The zero-order chi connectivity index (χ0) is 27.4. The molecule has 0 radical (unpaired) electrons. The number of benzene rings is 2. The number of imidazole rings is 1. The van der Waals surface area contributed by atoms with Crippen molar-refractivity contribution in [2.45, 2.75) is 57.8 Å². The number of aliphatic hydroxyl groups excluding tert-OH is 1. The van der Waals surface area contributed by atoms with Gasteiger partial charge in [-0.25, -0.2) is 4.98 Å². The molecule has 0 unspecified atom stereocenters. The monoisotopic (exact) mass is 517 g/mol. The molecule has 1 fully saturated rings. The van der Waals surface area contributed by atoms with Crippen LogP contribution in [-0.4, -0.2) is 62.0 Å². The molecule has 4 N–H and O–H groups in total. The van der Waals surface area contributed by atoms with E-state index in [2.05, 4.69) is 10.3 Å². The number of carbonyl (C=O) groups is 3. The second-order valence-corrected chi connectivity index (χ2v) is 10.3. The average molecular weight is 518 g/mol. The minimum Gasteiger partial charge on any atom is -0.391 e. The van der Waals surface area contributed by atoms with E-state index in [0.717, 1.165) is 22.4 Å². The molecule has 38 heavy (non-hydrogen) atoms. The summed E-state index contributed by atoms with van der Waals surface area (Å²) >= 11 is 0. The van der Waals surface area contributed by atoms with Crippen LogP contribution in [0.25, 0.3) is 11.1 Å². The zero-order valence-electron chi connectivity index (χ0n) is 21.9. The van der Waals surface area contributed by atoms with Gasteiger partial charge in [0.15, 0.2) is 0 Å². The van der Waals surface area contributed by atoms with Gasteiger partial charge in [0.25, 0.3) is 0 Å². The molecule has 1 saturated heterocycles. The molecule has 0 saturated carbocycles. The number of carbonyl (C=O) groups excluding carboxylic acids is 3. The first kappa shape index (κ1) is 27.1. The number of aromatic nitrogens is 2. The number of hydrogen-bond acceptors (Lipinski definition) is 5. The van der Waals surface area contributed by atoms with Gasteiger partial charge in [-0.1, -0.05) is 68.4 Å². The first-order valence-corrected chi connectivity index (χ1v) is 12.9. The number of nitrogens with one attached hydrogen (secondary N) is 1. The number of primary amides is 1. The van der Waals surface area contributed by atoms with E-state index >= 15 is 0 Å². The Morgan fingerprint density at radius 2 is 1.74 bits per heavy atom. The number of amides is 3. The maximum Gasteiger partial charge on any atom is 0.246 e. The Morgan fingerprint density at radius 1 is 1.08 bits per heavy atom. The molecule has 3 aromatic rings. The maximum atomic E-state index is 13.6. The van der Waals surface area contributed by atoms with Crippen LogP contribution in [0.5, 0.6) is 0 Å². The normalized spacial score (nSPS) is 18.8. The molecule has 200 valence electrons. The maximum absolute atomic E-state index is 13.6. The summed E-state index contributed by atoms with van der Waals surface area (Å²) in [6.07, 6.45) is 2.84. The van der Waals surface area contributed by atoms with Crippen molar-refractivity contribution >= 4 is 17.7 Å². The first-order chi connectivity index (χ1) is 18.1. The molecule has 4 atom stereocenters. The summed E-state index contributed by atoms with van der Waals surface area (Å²) in [7, 11) is 0. The van der Waals surface area contributed by atoms with Gasteiger partial charge in [-0.2, -0.15) is 0 Å².